The molecule has 5 rings (SSSR count). The molecule has 0 aliphatic heterocycles. The summed E-state index contributed by atoms with van der Waals surface area (Å²) in [4.78, 5) is 11.0. The zero-order valence-corrected chi connectivity index (χ0v) is 18.9. The number of aromatic nitrogens is 4. The minimum absolute atomic E-state index is 0.282. The van der Waals surface area contributed by atoms with Gasteiger partial charge < -0.3 is 0 Å². The third kappa shape index (κ3) is 4.08. The molecular weight excluding hydrogens is 420 g/mol. The van der Waals surface area contributed by atoms with Crippen LogP contribution in [-0.4, -0.2) is 26.8 Å². The Labute approximate surface area is 192 Å². The lowest BCUT2D eigenvalue weighted by atomic mass is 9.84. The summed E-state index contributed by atoms with van der Waals surface area (Å²) in [6.45, 7) is 2.57. The van der Waals surface area contributed by atoms with E-state index in [1.165, 1.54) is 31.4 Å². The van der Waals surface area contributed by atoms with Gasteiger partial charge in [0.25, 0.3) is 0 Å². The molecule has 1 aliphatic rings. The average Bonchev–Trinajstić information content (AvgIpc) is 3.24. The highest BCUT2D eigenvalue weighted by molar-refractivity contribution is 5.93. The summed E-state index contributed by atoms with van der Waals surface area (Å²) >= 11 is 0. The van der Waals surface area contributed by atoms with Crippen molar-refractivity contribution in [2.75, 3.05) is 11.9 Å². The zero-order valence-electron chi connectivity index (χ0n) is 18.9. The Morgan fingerprint density at radius 2 is 1.79 bits per heavy atom. The highest BCUT2D eigenvalue weighted by Crippen LogP contribution is 2.38. The van der Waals surface area contributed by atoms with E-state index >= 15 is 4.39 Å². The van der Waals surface area contributed by atoms with Crippen LogP contribution in [0.5, 0.6) is 0 Å². The highest BCUT2D eigenvalue weighted by atomic mass is 19.1. The van der Waals surface area contributed by atoms with Gasteiger partial charge in [-0.05, 0) is 73.7 Å². The Balaban J connectivity index is 1.59. The quantitative estimate of drug-likeness (QED) is 0.345. The molecule has 0 bridgehead atoms. The molecule has 0 atom stereocenters. The molecule has 0 amide bonds. The van der Waals surface area contributed by atoms with Crippen LogP contribution < -0.4 is 4.90 Å². The van der Waals surface area contributed by atoms with Gasteiger partial charge in [0.05, 0.1) is 5.69 Å². The highest BCUT2D eigenvalue weighted by Gasteiger charge is 2.23. The van der Waals surface area contributed by atoms with Crippen molar-refractivity contribution in [1.29, 1.82) is 0 Å². The van der Waals surface area contributed by atoms with Crippen LogP contribution in [0.1, 0.15) is 50.5 Å². The molecule has 0 saturated heterocycles. The van der Waals surface area contributed by atoms with E-state index in [2.05, 4.69) is 16.1 Å². The summed E-state index contributed by atoms with van der Waals surface area (Å²) in [6.07, 6.45) is 7.51. The largest absolute Gasteiger partial charge is 0.298 e. The van der Waals surface area contributed by atoms with E-state index in [1.54, 1.807) is 35.1 Å². The minimum Gasteiger partial charge on any atom is -0.298 e. The second-order valence-corrected chi connectivity index (χ2v) is 8.68. The number of hydrogen-bond donors (Lipinski definition) is 0. The number of rotatable bonds is 5. The first-order valence-corrected chi connectivity index (χ1v) is 11.6. The number of fused-ring (bicyclic) bond motifs is 1. The number of halogens is 2. The maximum absolute atomic E-state index is 15.2. The topological polar surface area (TPSA) is 46.8 Å². The van der Waals surface area contributed by atoms with E-state index < -0.39 is 0 Å². The van der Waals surface area contributed by atoms with Gasteiger partial charge in [-0.15, -0.1) is 0 Å². The standard InChI is InChI=1S/C26H27F2N5/c1-3-33-25(21-15-19(16-22(28)24(21)31-33)17-7-5-4-6-8-17)32(2)26-29-14-13-23(30-26)18-9-11-20(27)12-10-18/h9-17H,3-8H2,1-2H3. The van der Waals surface area contributed by atoms with Gasteiger partial charge >= 0.3 is 0 Å². The van der Waals surface area contributed by atoms with Gasteiger partial charge in [0.15, 0.2) is 5.82 Å². The molecule has 1 saturated carbocycles. The van der Waals surface area contributed by atoms with Crippen LogP contribution in [0, 0.1) is 11.6 Å². The van der Waals surface area contributed by atoms with Gasteiger partial charge in [0.2, 0.25) is 5.95 Å². The molecule has 0 unspecified atom stereocenters. The van der Waals surface area contributed by atoms with E-state index in [9.17, 15) is 4.39 Å². The van der Waals surface area contributed by atoms with Gasteiger partial charge in [0.1, 0.15) is 17.2 Å². The maximum Gasteiger partial charge on any atom is 0.231 e. The molecule has 170 valence electrons. The van der Waals surface area contributed by atoms with Crippen molar-refractivity contribution in [1.82, 2.24) is 19.7 Å². The van der Waals surface area contributed by atoms with Crippen molar-refractivity contribution >= 4 is 22.7 Å². The fraction of sp³-hybridized carbons (Fsp3) is 0.346. The molecule has 2 heterocycles. The van der Waals surface area contributed by atoms with Crippen LogP contribution in [0.3, 0.4) is 0 Å². The summed E-state index contributed by atoms with van der Waals surface area (Å²) in [5, 5.41) is 5.33. The van der Waals surface area contributed by atoms with Crippen molar-refractivity contribution in [2.45, 2.75) is 51.5 Å². The normalized spacial score (nSPS) is 14.7. The smallest absolute Gasteiger partial charge is 0.231 e. The molecule has 2 aromatic carbocycles. The molecule has 4 aromatic rings. The van der Waals surface area contributed by atoms with Crippen LogP contribution in [0.25, 0.3) is 22.2 Å². The number of nitrogens with zero attached hydrogens (tertiary/aromatic N) is 5. The van der Waals surface area contributed by atoms with Crippen LogP contribution in [0.2, 0.25) is 0 Å². The van der Waals surface area contributed by atoms with Crippen molar-refractivity contribution in [3.05, 3.63) is 65.9 Å². The van der Waals surface area contributed by atoms with E-state index in [4.69, 9.17) is 4.98 Å². The van der Waals surface area contributed by atoms with Crippen molar-refractivity contribution in [3.63, 3.8) is 0 Å². The molecule has 0 spiro atoms. The van der Waals surface area contributed by atoms with Gasteiger partial charge in [-0.25, -0.2) is 23.4 Å². The lowest BCUT2D eigenvalue weighted by Gasteiger charge is -2.23. The average molecular weight is 448 g/mol. The fourth-order valence-corrected chi connectivity index (χ4v) is 4.83. The Hall–Kier alpha value is -3.35. The first-order valence-electron chi connectivity index (χ1n) is 11.6. The first-order chi connectivity index (χ1) is 16.0. The van der Waals surface area contributed by atoms with E-state index in [0.29, 0.717) is 29.6 Å². The summed E-state index contributed by atoms with van der Waals surface area (Å²) in [6, 6.07) is 11.8. The van der Waals surface area contributed by atoms with Crippen LogP contribution in [0.15, 0.2) is 48.7 Å². The SMILES string of the molecule is CCn1nc2c(F)cc(C3CCCCC3)cc2c1N(C)c1nccc(-c2ccc(F)cc2)n1. The summed E-state index contributed by atoms with van der Waals surface area (Å²) < 4.78 is 30.3. The van der Waals surface area contributed by atoms with E-state index in [1.807, 2.05) is 18.9 Å². The van der Waals surface area contributed by atoms with Crippen LogP contribution in [-0.2, 0) is 6.54 Å². The monoisotopic (exact) mass is 447 g/mol. The molecule has 33 heavy (non-hydrogen) atoms. The Kier molecular flexibility index (Phi) is 5.79. The summed E-state index contributed by atoms with van der Waals surface area (Å²) in [5.41, 5.74) is 2.90. The lowest BCUT2D eigenvalue weighted by Crippen LogP contribution is -2.18. The zero-order chi connectivity index (χ0) is 22.9. The van der Waals surface area contributed by atoms with Crippen LogP contribution >= 0.6 is 0 Å². The summed E-state index contributed by atoms with van der Waals surface area (Å²) in [5.74, 6) is 1.05. The van der Waals surface area contributed by atoms with Gasteiger partial charge in [-0.1, -0.05) is 19.3 Å². The maximum atomic E-state index is 15.2. The van der Waals surface area contributed by atoms with Crippen molar-refractivity contribution < 1.29 is 8.78 Å². The Morgan fingerprint density at radius 3 is 2.52 bits per heavy atom. The third-order valence-corrected chi connectivity index (χ3v) is 6.57. The van der Waals surface area contributed by atoms with Gasteiger partial charge in [-0.2, -0.15) is 5.10 Å². The Bertz CT molecular complexity index is 1280. The number of benzene rings is 2. The fourth-order valence-electron chi connectivity index (χ4n) is 4.83. The molecule has 0 N–H and O–H groups in total. The van der Waals surface area contributed by atoms with Gasteiger partial charge in [0, 0.05) is 30.7 Å². The van der Waals surface area contributed by atoms with Crippen molar-refractivity contribution in [2.24, 2.45) is 0 Å². The molecule has 2 aromatic heterocycles. The number of aryl methyl sites for hydroxylation is 1. The second-order valence-electron chi connectivity index (χ2n) is 8.68. The molecule has 7 heteroatoms. The van der Waals surface area contributed by atoms with E-state index in [-0.39, 0.29) is 11.6 Å². The predicted octanol–water partition coefficient (Wildman–Crippen LogP) is 6.61. The lowest BCUT2D eigenvalue weighted by molar-refractivity contribution is 0.442. The first kappa shape index (κ1) is 21.5. The third-order valence-electron chi connectivity index (χ3n) is 6.57. The predicted molar refractivity (Wildman–Crippen MR) is 127 cm³/mol. The molecule has 0 radical (unpaired) electrons. The number of hydrogen-bond acceptors (Lipinski definition) is 4. The van der Waals surface area contributed by atoms with Gasteiger partial charge in [-0.3, -0.25) is 4.90 Å². The van der Waals surface area contributed by atoms with E-state index in [0.717, 1.165) is 35.2 Å². The Morgan fingerprint density at radius 1 is 1.03 bits per heavy atom. The molecule has 1 aliphatic carbocycles. The second kappa shape index (κ2) is 8.89. The van der Waals surface area contributed by atoms with Crippen LogP contribution in [0.4, 0.5) is 20.5 Å². The molecule has 1 fully saturated rings. The van der Waals surface area contributed by atoms with Crippen molar-refractivity contribution in [3.8, 4) is 11.3 Å². The molecular formula is C26H27F2N5. The number of anilines is 2. The minimum atomic E-state index is -0.292. The summed E-state index contributed by atoms with van der Waals surface area (Å²) in [7, 11) is 1.87. The molecule has 5 nitrogen and oxygen atoms in total.